The molecular formula is C14H17N3OS. The van der Waals surface area contributed by atoms with Gasteiger partial charge in [-0.1, -0.05) is 6.07 Å². The van der Waals surface area contributed by atoms with Gasteiger partial charge in [0.2, 0.25) is 0 Å². The third-order valence-electron chi connectivity index (χ3n) is 3.47. The zero-order chi connectivity index (χ0) is 13.1. The Morgan fingerprint density at radius 2 is 2.37 bits per heavy atom. The lowest BCUT2D eigenvalue weighted by Gasteiger charge is -2.22. The molecule has 0 unspecified atom stereocenters. The third-order valence-corrected chi connectivity index (χ3v) is 4.36. The number of hydrogen-bond acceptors (Lipinski definition) is 4. The predicted octanol–water partition coefficient (Wildman–Crippen LogP) is 1.97. The molecule has 1 atom stereocenters. The maximum Gasteiger partial charge on any atom is 0.266 e. The minimum Gasteiger partial charge on any atom is -0.316 e. The molecule has 2 aromatic rings. The van der Waals surface area contributed by atoms with Crippen LogP contribution in [-0.4, -0.2) is 22.9 Å². The van der Waals surface area contributed by atoms with Gasteiger partial charge in [0.05, 0.1) is 4.88 Å². The molecule has 0 bridgehead atoms. The topological polar surface area (TPSA) is 46.9 Å². The van der Waals surface area contributed by atoms with Crippen LogP contribution in [0.4, 0.5) is 0 Å². The van der Waals surface area contributed by atoms with Crippen molar-refractivity contribution in [1.82, 2.24) is 15.1 Å². The lowest BCUT2D eigenvalue weighted by atomic mass is 10.00. The molecule has 1 fully saturated rings. The lowest BCUT2D eigenvalue weighted by Crippen LogP contribution is -2.35. The predicted molar refractivity (Wildman–Crippen MR) is 77.4 cm³/mol. The van der Waals surface area contributed by atoms with E-state index in [1.54, 1.807) is 22.1 Å². The van der Waals surface area contributed by atoms with Crippen LogP contribution in [0.25, 0.3) is 10.6 Å². The minimum absolute atomic E-state index is 0.00844. The number of thiophene rings is 1. The molecule has 100 valence electrons. The number of rotatable bonds is 3. The van der Waals surface area contributed by atoms with Crippen LogP contribution < -0.4 is 10.9 Å². The number of nitrogens with zero attached hydrogens (tertiary/aromatic N) is 2. The molecule has 1 aliphatic rings. The summed E-state index contributed by atoms with van der Waals surface area (Å²) in [5.74, 6) is 0.512. The quantitative estimate of drug-likeness (QED) is 0.931. The van der Waals surface area contributed by atoms with Crippen LogP contribution in [0.2, 0.25) is 0 Å². The monoisotopic (exact) mass is 275 g/mol. The fourth-order valence-electron chi connectivity index (χ4n) is 2.46. The molecule has 0 aromatic carbocycles. The van der Waals surface area contributed by atoms with E-state index in [1.807, 2.05) is 23.6 Å². The van der Waals surface area contributed by atoms with Gasteiger partial charge >= 0.3 is 0 Å². The molecule has 3 rings (SSSR count). The number of aromatic nitrogens is 2. The van der Waals surface area contributed by atoms with E-state index < -0.39 is 0 Å². The van der Waals surface area contributed by atoms with E-state index in [0.29, 0.717) is 12.5 Å². The van der Waals surface area contributed by atoms with Crippen molar-refractivity contribution in [2.45, 2.75) is 19.4 Å². The Kier molecular flexibility index (Phi) is 3.75. The number of piperidine rings is 1. The van der Waals surface area contributed by atoms with Gasteiger partial charge in [-0.3, -0.25) is 4.79 Å². The molecule has 0 saturated carbocycles. The van der Waals surface area contributed by atoms with Crippen molar-refractivity contribution in [3.05, 3.63) is 40.0 Å². The summed E-state index contributed by atoms with van der Waals surface area (Å²) >= 11 is 1.65. The first kappa shape index (κ1) is 12.6. The summed E-state index contributed by atoms with van der Waals surface area (Å²) < 4.78 is 1.62. The van der Waals surface area contributed by atoms with E-state index in [0.717, 1.165) is 23.7 Å². The zero-order valence-corrected chi connectivity index (χ0v) is 11.5. The fraction of sp³-hybridized carbons (Fsp3) is 0.429. The van der Waals surface area contributed by atoms with Crippen LogP contribution in [0.5, 0.6) is 0 Å². The van der Waals surface area contributed by atoms with Crippen molar-refractivity contribution in [3.63, 3.8) is 0 Å². The van der Waals surface area contributed by atoms with E-state index >= 15 is 0 Å². The summed E-state index contributed by atoms with van der Waals surface area (Å²) in [7, 11) is 0. The van der Waals surface area contributed by atoms with E-state index in [4.69, 9.17) is 0 Å². The average molecular weight is 275 g/mol. The van der Waals surface area contributed by atoms with Gasteiger partial charge in [-0.2, -0.15) is 5.10 Å². The second kappa shape index (κ2) is 5.67. The highest BCUT2D eigenvalue weighted by molar-refractivity contribution is 7.13. The molecule has 2 aromatic heterocycles. The SMILES string of the molecule is O=c1ccc(-c2cccs2)nn1C[C@H]1CCCNC1. The maximum absolute atomic E-state index is 11.9. The van der Waals surface area contributed by atoms with Gasteiger partial charge in [0.15, 0.2) is 0 Å². The zero-order valence-electron chi connectivity index (χ0n) is 10.7. The Labute approximate surface area is 116 Å². The first-order valence-corrected chi connectivity index (χ1v) is 7.53. The Morgan fingerprint density at radius 1 is 1.42 bits per heavy atom. The van der Waals surface area contributed by atoms with Crippen LogP contribution in [0.3, 0.4) is 0 Å². The second-order valence-corrected chi connectivity index (χ2v) is 5.88. The molecule has 1 N–H and O–H groups in total. The van der Waals surface area contributed by atoms with Crippen molar-refractivity contribution in [3.8, 4) is 10.6 Å². The van der Waals surface area contributed by atoms with E-state index in [9.17, 15) is 4.79 Å². The third kappa shape index (κ3) is 2.93. The van der Waals surface area contributed by atoms with Crippen molar-refractivity contribution >= 4 is 11.3 Å². The van der Waals surface area contributed by atoms with Crippen LogP contribution >= 0.6 is 11.3 Å². The average Bonchev–Trinajstić information content (AvgIpc) is 2.96. The second-order valence-electron chi connectivity index (χ2n) is 4.93. The van der Waals surface area contributed by atoms with Gasteiger partial charge in [0, 0.05) is 12.6 Å². The van der Waals surface area contributed by atoms with Gasteiger partial charge in [0.1, 0.15) is 5.69 Å². The van der Waals surface area contributed by atoms with Gasteiger partial charge in [0.25, 0.3) is 5.56 Å². The highest BCUT2D eigenvalue weighted by Gasteiger charge is 2.15. The number of hydrogen-bond donors (Lipinski definition) is 1. The van der Waals surface area contributed by atoms with Crippen LogP contribution in [0.15, 0.2) is 34.4 Å². The standard InChI is InChI=1S/C14H17N3OS/c18-14-6-5-12(13-4-2-8-19-13)16-17(14)10-11-3-1-7-15-9-11/h2,4-6,8,11,15H,1,3,7,9-10H2/t11-/m0/s1. The van der Waals surface area contributed by atoms with Gasteiger partial charge in [-0.05, 0) is 49.4 Å². The molecule has 4 nitrogen and oxygen atoms in total. The Balaban J connectivity index is 1.84. The van der Waals surface area contributed by atoms with Crippen molar-refractivity contribution in [1.29, 1.82) is 0 Å². The molecule has 1 aliphatic heterocycles. The highest BCUT2D eigenvalue weighted by Crippen LogP contribution is 2.21. The molecule has 1 saturated heterocycles. The molecule has 5 heteroatoms. The Bertz CT molecular complexity index is 585. The van der Waals surface area contributed by atoms with E-state index in [-0.39, 0.29) is 5.56 Å². The molecule has 19 heavy (non-hydrogen) atoms. The van der Waals surface area contributed by atoms with Crippen LogP contribution in [-0.2, 0) is 6.54 Å². The van der Waals surface area contributed by atoms with Crippen molar-refractivity contribution in [2.24, 2.45) is 5.92 Å². The molecule has 0 radical (unpaired) electrons. The number of nitrogens with one attached hydrogen (secondary N) is 1. The summed E-state index contributed by atoms with van der Waals surface area (Å²) in [6.45, 7) is 2.79. The summed E-state index contributed by atoms with van der Waals surface area (Å²) in [5.41, 5.74) is 0.879. The van der Waals surface area contributed by atoms with Crippen molar-refractivity contribution in [2.75, 3.05) is 13.1 Å². The van der Waals surface area contributed by atoms with Gasteiger partial charge in [-0.15, -0.1) is 11.3 Å². The molecular weight excluding hydrogens is 258 g/mol. The van der Waals surface area contributed by atoms with E-state index in [1.165, 1.54) is 12.8 Å². The summed E-state index contributed by atoms with van der Waals surface area (Å²) in [6, 6.07) is 7.47. The summed E-state index contributed by atoms with van der Waals surface area (Å²) in [4.78, 5) is 13.0. The highest BCUT2D eigenvalue weighted by atomic mass is 32.1. The summed E-state index contributed by atoms with van der Waals surface area (Å²) in [5, 5.41) is 9.90. The van der Waals surface area contributed by atoms with Gasteiger partial charge < -0.3 is 5.32 Å². The summed E-state index contributed by atoms with van der Waals surface area (Å²) in [6.07, 6.45) is 2.36. The minimum atomic E-state index is -0.00844. The lowest BCUT2D eigenvalue weighted by molar-refractivity contribution is 0.320. The van der Waals surface area contributed by atoms with Crippen LogP contribution in [0, 0.1) is 5.92 Å². The fourth-order valence-corrected chi connectivity index (χ4v) is 3.15. The molecule has 0 amide bonds. The Hall–Kier alpha value is -1.46. The van der Waals surface area contributed by atoms with Crippen molar-refractivity contribution < 1.29 is 0 Å². The first-order chi connectivity index (χ1) is 9.33. The Morgan fingerprint density at radius 3 is 3.11 bits per heavy atom. The normalized spacial score (nSPS) is 19.5. The largest absolute Gasteiger partial charge is 0.316 e. The van der Waals surface area contributed by atoms with Gasteiger partial charge in [-0.25, -0.2) is 4.68 Å². The smallest absolute Gasteiger partial charge is 0.266 e. The van der Waals surface area contributed by atoms with E-state index in [2.05, 4.69) is 10.4 Å². The first-order valence-electron chi connectivity index (χ1n) is 6.66. The van der Waals surface area contributed by atoms with Crippen LogP contribution in [0.1, 0.15) is 12.8 Å². The molecule has 0 spiro atoms. The maximum atomic E-state index is 11.9. The molecule has 3 heterocycles. The molecule has 0 aliphatic carbocycles.